The van der Waals surface area contributed by atoms with E-state index < -0.39 is 35.9 Å². The smallest absolute Gasteiger partial charge is 0.326 e. The lowest BCUT2D eigenvalue weighted by Crippen LogP contribution is -2.55. The van der Waals surface area contributed by atoms with Crippen LogP contribution in [-0.4, -0.2) is 58.5 Å². The predicted molar refractivity (Wildman–Crippen MR) is 142 cm³/mol. The Bertz CT molecular complexity index is 1080. The molecule has 3 atom stereocenters. The molecule has 0 unspecified atom stereocenters. The minimum absolute atomic E-state index is 0.135. The first-order chi connectivity index (χ1) is 17.7. The van der Waals surface area contributed by atoms with Crippen molar-refractivity contribution in [3.63, 3.8) is 0 Å². The molecule has 1 fully saturated rings. The first kappa shape index (κ1) is 28.0. The number of aliphatic carboxylic acids is 1. The number of benzene rings is 1. The Kier molecular flexibility index (Phi) is 10.3. The van der Waals surface area contributed by atoms with Crippen LogP contribution in [0.5, 0.6) is 0 Å². The quantitative estimate of drug-likeness (QED) is 0.112. The second-order valence-corrected chi connectivity index (χ2v) is 9.85. The Morgan fingerprint density at radius 3 is 2.49 bits per heavy atom. The standard InChI is InChI=1S/C26H39N7O4/c27-19(13-16-7-2-1-3-8-16)23(34)33-22(14-17-15-31-20-10-5-4-9-18(17)20)24(35)32-21(25(36)37)11-6-12-30-26(28)29/h4-5,9-10,15-16,19,21-22,31H,1-3,6-8,11-14,27H2,(H,32,35)(H,33,34)(H,36,37)(H4,28,29,30)/t19-,21+,22-/m0/s1. The van der Waals surface area contributed by atoms with Crippen molar-refractivity contribution in [3.8, 4) is 0 Å². The second kappa shape index (κ2) is 13.6. The monoisotopic (exact) mass is 513 g/mol. The van der Waals surface area contributed by atoms with Gasteiger partial charge in [-0.15, -0.1) is 0 Å². The Morgan fingerprint density at radius 1 is 1.08 bits per heavy atom. The number of amides is 2. The van der Waals surface area contributed by atoms with Crippen molar-refractivity contribution >= 4 is 34.6 Å². The molecular formula is C26H39N7O4. The lowest BCUT2D eigenvalue weighted by molar-refractivity contribution is -0.142. The summed E-state index contributed by atoms with van der Waals surface area (Å²) in [6.45, 7) is 0.306. The van der Waals surface area contributed by atoms with Gasteiger partial charge in [0.15, 0.2) is 5.96 Å². The van der Waals surface area contributed by atoms with E-state index >= 15 is 0 Å². The largest absolute Gasteiger partial charge is 0.480 e. The zero-order chi connectivity index (χ0) is 26.8. The molecule has 11 nitrogen and oxygen atoms in total. The second-order valence-electron chi connectivity index (χ2n) is 9.85. The Balaban J connectivity index is 1.71. The summed E-state index contributed by atoms with van der Waals surface area (Å²) in [5.74, 6) is -1.99. The normalized spacial score (nSPS) is 16.5. The molecule has 1 heterocycles. The van der Waals surface area contributed by atoms with Crippen molar-refractivity contribution in [1.82, 2.24) is 20.9 Å². The molecule has 1 aromatic carbocycles. The van der Waals surface area contributed by atoms with Crippen LogP contribution in [0.4, 0.5) is 0 Å². The van der Waals surface area contributed by atoms with E-state index in [0.717, 1.165) is 42.1 Å². The highest BCUT2D eigenvalue weighted by molar-refractivity contribution is 5.93. The summed E-state index contributed by atoms with van der Waals surface area (Å²) >= 11 is 0. The van der Waals surface area contributed by atoms with Crippen LogP contribution in [-0.2, 0) is 20.8 Å². The zero-order valence-corrected chi connectivity index (χ0v) is 21.1. The van der Waals surface area contributed by atoms with E-state index in [4.69, 9.17) is 16.9 Å². The maximum atomic E-state index is 13.3. The van der Waals surface area contributed by atoms with Crippen LogP contribution >= 0.6 is 0 Å². The number of carbonyl (C=O) groups is 3. The fourth-order valence-corrected chi connectivity index (χ4v) is 4.96. The van der Waals surface area contributed by atoms with E-state index in [2.05, 4.69) is 20.9 Å². The number of guanidine groups is 1. The number of aromatic nitrogens is 1. The number of hydrogen-bond donors (Lipinski definition) is 8. The minimum atomic E-state index is -1.18. The third-order valence-electron chi connectivity index (χ3n) is 6.98. The zero-order valence-electron chi connectivity index (χ0n) is 21.1. The number of carbonyl (C=O) groups excluding carboxylic acids is 2. The van der Waals surface area contributed by atoms with Gasteiger partial charge in [-0.05, 0) is 36.8 Å². The van der Waals surface area contributed by atoms with Crippen LogP contribution in [0.25, 0.3) is 10.9 Å². The number of carboxylic acid groups (broad SMARTS) is 1. The fourth-order valence-electron chi connectivity index (χ4n) is 4.96. The molecule has 1 aliphatic rings. The third-order valence-corrected chi connectivity index (χ3v) is 6.98. The van der Waals surface area contributed by atoms with Gasteiger partial charge in [0.05, 0.1) is 6.04 Å². The molecule has 2 amide bonds. The van der Waals surface area contributed by atoms with Gasteiger partial charge >= 0.3 is 5.97 Å². The van der Waals surface area contributed by atoms with Gasteiger partial charge in [0.1, 0.15) is 12.1 Å². The van der Waals surface area contributed by atoms with E-state index in [1.54, 1.807) is 6.20 Å². The first-order valence-electron chi connectivity index (χ1n) is 13.0. The molecule has 1 saturated carbocycles. The van der Waals surface area contributed by atoms with Crippen LogP contribution in [0.2, 0.25) is 0 Å². The van der Waals surface area contributed by atoms with Crippen LogP contribution < -0.4 is 27.4 Å². The molecule has 1 aliphatic carbocycles. The molecule has 3 rings (SSSR count). The van der Waals surface area contributed by atoms with Crippen LogP contribution in [0.1, 0.15) is 56.9 Å². The van der Waals surface area contributed by atoms with Crippen molar-refractivity contribution in [1.29, 1.82) is 5.41 Å². The fraction of sp³-hybridized carbons (Fsp3) is 0.538. The van der Waals surface area contributed by atoms with Gasteiger partial charge in [-0.1, -0.05) is 50.3 Å². The lowest BCUT2D eigenvalue weighted by atomic mass is 9.85. The number of aromatic amines is 1. The molecule has 0 radical (unpaired) electrons. The van der Waals surface area contributed by atoms with Gasteiger partial charge in [-0.25, -0.2) is 4.79 Å². The molecule has 2 aromatic rings. The Labute approximate surface area is 216 Å². The van der Waals surface area contributed by atoms with E-state index in [1.807, 2.05) is 24.3 Å². The number of nitrogens with one attached hydrogen (secondary N) is 5. The summed E-state index contributed by atoms with van der Waals surface area (Å²) in [6.07, 6.45) is 8.65. The van der Waals surface area contributed by atoms with E-state index in [0.29, 0.717) is 25.3 Å². The SMILES string of the molecule is N=C(N)NCCC[C@@H](NC(=O)[C@H](Cc1c[nH]c2ccccc12)NC(=O)[C@@H](N)CC1CCCCC1)C(=O)O. The number of H-pyrrole nitrogens is 1. The minimum Gasteiger partial charge on any atom is -0.480 e. The summed E-state index contributed by atoms with van der Waals surface area (Å²) in [7, 11) is 0. The maximum Gasteiger partial charge on any atom is 0.326 e. The highest BCUT2D eigenvalue weighted by atomic mass is 16.4. The number of carboxylic acids is 1. The highest BCUT2D eigenvalue weighted by Crippen LogP contribution is 2.27. The van der Waals surface area contributed by atoms with Crippen molar-refractivity contribution in [2.75, 3.05) is 6.54 Å². The van der Waals surface area contributed by atoms with Crippen molar-refractivity contribution < 1.29 is 19.5 Å². The predicted octanol–water partition coefficient (Wildman–Crippen LogP) is 1.33. The molecule has 37 heavy (non-hydrogen) atoms. The molecular weight excluding hydrogens is 474 g/mol. The number of para-hydroxylation sites is 1. The third kappa shape index (κ3) is 8.49. The van der Waals surface area contributed by atoms with Crippen molar-refractivity contribution in [3.05, 3.63) is 36.0 Å². The van der Waals surface area contributed by atoms with Crippen molar-refractivity contribution in [2.45, 2.75) is 75.9 Å². The van der Waals surface area contributed by atoms with E-state index in [-0.39, 0.29) is 18.8 Å². The number of hydrogen-bond acceptors (Lipinski definition) is 5. The van der Waals surface area contributed by atoms with E-state index in [9.17, 15) is 19.5 Å². The van der Waals surface area contributed by atoms with Gasteiger partial charge in [0.25, 0.3) is 0 Å². The topological polar surface area (TPSA) is 199 Å². The molecule has 0 spiro atoms. The average Bonchev–Trinajstić information content (AvgIpc) is 3.28. The van der Waals surface area contributed by atoms with Gasteiger partial charge in [0.2, 0.25) is 11.8 Å². The molecule has 11 heteroatoms. The summed E-state index contributed by atoms with van der Waals surface area (Å²) < 4.78 is 0. The van der Waals surface area contributed by atoms with Crippen LogP contribution in [0.15, 0.2) is 30.5 Å². The summed E-state index contributed by atoms with van der Waals surface area (Å²) in [5.41, 5.74) is 13.2. The molecule has 1 aromatic heterocycles. The maximum absolute atomic E-state index is 13.3. The Hall–Kier alpha value is -3.60. The summed E-state index contributed by atoms with van der Waals surface area (Å²) in [5, 5.41) is 25.7. The molecule has 0 bridgehead atoms. The van der Waals surface area contributed by atoms with Crippen LogP contribution in [0.3, 0.4) is 0 Å². The van der Waals surface area contributed by atoms with Crippen LogP contribution in [0, 0.1) is 11.3 Å². The number of fused-ring (bicyclic) bond motifs is 1. The van der Waals surface area contributed by atoms with Gasteiger partial charge < -0.3 is 37.5 Å². The molecule has 0 aliphatic heterocycles. The molecule has 10 N–H and O–H groups in total. The number of rotatable bonds is 13. The summed E-state index contributed by atoms with van der Waals surface area (Å²) in [4.78, 5) is 41.3. The average molecular weight is 514 g/mol. The van der Waals surface area contributed by atoms with Gasteiger partial charge in [-0.3, -0.25) is 15.0 Å². The molecule has 202 valence electrons. The number of nitrogens with two attached hydrogens (primary N) is 2. The van der Waals surface area contributed by atoms with Gasteiger partial charge in [0, 0.05) is 30.1 Å². The first-order valence-corrected chi connectivity index (χ1v) is 13.0. The highest BCUT2D eigenvalue weighted by Gasteiger charge is 2.29. The summed E-state index contributed by atoms with van der Waals surface area (Å²) in [6, 6.07) is 4.74. The Morgan fingerprint density at radius 2 is 1.78 bits per heavy atom. The van der Waals surface area contributed by atoms with Crippen molar-refractivity contribution in [2.24, 2.45) is 17.4 Å². The lowest BCUT2D eigenvalue weighted by Gasteiger charge is -2.26. The molecule has 0 saturated heterocycles. The van der Waals surface area contributed by atoms with E-state index in [1.165, 1.54) is 6.42 Å². The van der Waals surface area contributed by atoms with Gasteiger partial charge in [-0.2, -0.15) is 0 Å².